The molecule has 1 aromatic rings. The summed E-state index contributed by atoms with van der Waals surface area (Å²) in [6.45, 7) is 5.58. The summed E-state index contributed by atoms with van der Waals surface area (Å²) in [4.78, 5) is 15.4. The lowest BCUT2D eigenvalue weighted by molar-refractivity contribution is 0.0344. The van der Waals surface area contributed by atoms with Gasteiger partial charge in [0.15, 0.2) is 0 Å². The highest BCUT2D eigenvalue weighted by atomic mass is 16.4. The summed E-state index contributed by atoms with van der Waals surface area (Å²) in [7, 11) is 0. The minimum Gasteiger partial charge on any atom is -0.465 e. The van der Waals surface area contributed by atoms with Crippen molar-refractivity contribution in [3.05, 3.63) is 48.6 Å². The van der Waals surface area contributed by atoms with Crippen molar-refractivity contribution >= 4 is 6.09 Å². The number of carboxylic acid groups (broad SMARTS) is 1. The lowest BCUT2D eigenvalue weighted by Gasteiger charge is -2.44. The van der Waals surface area contributed by atoms with Crippen LogP contribution in [0.2, 0.25) is 0 Å². The summed E-state index contributed by atoms with van der Waals surface area (Å²) in [6, 6.07) is 10.6. The number of benzene rings is 1. The molecule has 0 saturated carbocycles. The Kier molecular flexibility index (Phi) is 3.49. The van der Waals surface area contributed by atoms with Crippen LogP contribution in [-0.4, -0.2) is 45.7 Å². The highest BCUT2D eigenvalue weighted by molar-refractivity contribution is 5.67. The molecule has 2 fully saturated rings. The van der Waals surface area contributed by atoms with E-state index in [1.165, 1.54) is 5.56 Å². The Bertz CT molecular complexity index is 502. The summed E-state index contributed by atoms with van der Waals surface area (Å²) in [5, 5.41) is 9.38. The molecule has 20 heavy (non-hydrogen) atoms. The molecule has 2 saturated heterocycles. The van der Waals surface area contributed by atoms with Crippen LogP contribution in [0.5, 0.6) is 0 Å². The zero-order chi connectivity index (χ0) is 14.1. The van der Waals surface area contributed by atoms with E-state index in [2.05, 4.69) is 23.6 Å². The van der Waals surface area contributed by atoms with Crippen molar-refractivity contribution < 1.29 is 9.90 Å². The number of hydrogen-bond acceptors (Lipinski definition) is 2. The molecule has 2 heterocycles. The normalized spacial score (nSPS) is 29.4. The van der Waals surface area contributed by atoms with E-state index in [-0.39, 0.29) is 18.1 Å². The number of carbonyl (C=O) groups is 1. The third-order valence-corrected chi connectivity index (χ3v) is 4.50. The average molecular weight is 272 g/mol. The topological polar surface area (TPSA) is 43.8 Å². The highest BCUT2D eigenvalue weighted by Gasteiger charge is 2.47. The van der Waals surface area contributed by atoms with Gasteiger partial charge in [-0.15, -0.1) is 6.58 Å². The van der Waals surface area contributed by atoms with Crippen molar-refractivity contribution in [2.45, 2.75) is 37.5 Å². The number of likely N-dealkylation sites (tertiary alicyclic amines) is 1. The quantitative estimate of drug-likeness (QED) is 0.860. The van der Waals surface area contributed by atoms with Crippen molar-refractivity contribution in [1.29, 1.82) is 0 Å². The van der Waals surface area contributed by atoms with Crippen LogP contribution in [0.3, 0.4) is 0 Å². The zero-order valence-corrected chi connectivity index (χ0v) is 11.5. The summed E-state index contributed by atoms with van der Waals surface area (Å²) < 4.78 is 0. The summed E-state index contributed by atoms with van der Waals surface area (Å²) >= 11 is 0. The van der Waals surface area contributed by atoms with E-state index in [0.717, 1.165) is 25.9 Å². The van der Waals surface area contributed by atoms with Gasteiger partial charge in [-0.3, -0.25) is 9.80 Å². The average Bonchev–Trinajstić information content (AvgIpc) is 2.77. The fourth-order valence-electron chi connectivity index (χ4n) is 3.65. The molecule has 3 atom stereocenters. The largest absolute Gasteiger partial charge is 0.465 e. The maximum absolute atomic E-state index is 11.4. The Morgan fingerprint density at radius 2 is 2.10 bits per heavy atom. The van der Waals surface area contributed by atoms with Crippen molar-refractivity contribution in [2.24, 2.45) is 0 Å². The van der Waals surface area contributed by atoms with Crippen molar-refractivity contribution in [3.63, 3.8) is 0 Å². The fourth-order valence-corrected chi connectivity index (χ4v) is 3.65. The van der Waals surface area contributed by atoms with Crippen LogP contribution < -0.4 is 0 Å². The Hall–Kier alpha value is -1.81. The van der Waals surface area contributed by atoms with Gasteiger partial charge in [-0.25, -0.2) is 4.79 Å². The van der Waals surface area contributed by atoms with Crippen molar-refractivity contribution in [2.75, 3.05) is 6.54 Å². The molecule has 4 heteroatoms. The SMILES string of the molecule is C=C[C@@H]1[C@@H]2CC[C@H](CN1Cc1ccccc1)N2C(=O)O. The van der Waals surface area contributed by atoms with Gasteiger partial charge in [0, 0.05) is 25.2 Å². The Morgan fingerprint density at radius 1 is 1.35 bits per heavy atom. The molecule has 3 rings (SSSR count). The van der Waals surface area contributed by atoms with E-state index in [1.54, 1.807) is 4.90 Å². The standard InChI is InChI=1S/C16H20N2O2/c1-2-14-15-9-8-13(18(15)16(19)20)11-17(14)10-12-6-4-3-5-7-12/h2-7,13-15H,1,8-11H2,(H,19,20)/t13-,14-,15+/m1/s1. The van der Waals surface area contributed by atoms with Gasteiger partial charge in [0.1, 0.15) is 0 Å². The molecule has 1 amide bonds. The zero-order valence-electron chi connectivity index (χ0n) is 11.5. The Balaban J connectivity index is 1.80. The predicted octanol–water partition coefficient (Wildman–Crippen LogP) is 2.57. The number of nitrogens with zero attached hydrogens (tertiary/aromatic N) is 2. The van der Waals surface area contributed by atoms with Gasteiger partial charge >= 0.3 is 6.09 Å². The molecular weight excluding hydrogens is 252 g/mol. The monoisotopic (exact) mass is 272 g/mol. The maximum Gasteiger partial charge on any atom is 0.407 e. The minimum absolute atomic E-state index is 0.0625. The van der Waals surface area contributed by atoms with Gasteiger partial charge in [0.2, 0.25) is 0 Å². The van der Waals surface area contributed by atoms with Crippen LogP contribution >= 0.6 is 0 Å². The molecule has 1 N–H and O–H groups in total. The van der Waals surface area contributed by atoms with Crippen molar-refractivity contribution in [3.8, 4) is 0 Å². The van der Waals surface area contributed by atoms with E-state index < -0.39 is 6.09 Å². The van der Waals surface area contributed by atoms with Crippen LogP contribution in [0.1, 0.15) is 18.4 Å². The van der Waals surface area contributed by atoms with E-state index in [1.807, 2.05) is 24.3 Å². The number of hydrogen-bond donors (Lipinski definition) is 1. The second-order valence-electron chi connectivity index (χ2n) is 5.63. The molecule has 0 spiro atoms. The van der Waals surface area contributed by atoms with Gasteiger partial charge in [0.25, 0.3) is 0 Å². The molecule has 4 nitrogen and oxygen atoms in total. The number of amides is 1. The Morgan fingerprint density at radius 3 is 2.75 bits per heavy atom. The van der Waals surface area contributed by atoms with E-state index >= 15 is 0 Å². The third-order valence-electron chi connectivity index (χ3n) is 4.50. The highest BCUT2D eigenvalue weighted by Crippen LogP contribution is 2.35. The van der Waals surface area contributed by atoms with Crippen LogP contribution in [0.25, 0.3) is 0 Å². The lowest BCUT2D eigenvalue weighted by Crippen LogP contribution is -2.59. The van der Waals surface area contributed by atoms with E-state index in [9.17, 15) is 9.90 Å². The third kappa shape index (κ3) is 2.20. The first-order valence-corrected chi connectivity index (χ1v) is 7.12. The van der Waals surface area contributed by atoms with Crippen LogP contribution in [-0.2, 0) is 6.54 Å². The maximum atomic E-state index is 11.4. The molecule has 106 valence electrons. The molecule has 0 radical (unpaired) electrons. The first-order valence-electron chi connectivity index (χ1n) is 7.12. The van der Waals surface area contributed by atoms with Crippen LogP contribution in [0.15, 0.2) is 43.0 Å². The molecule has 2 bridgehead atoms. The van der Waals surface area contributed by atoms with E-state index in [4.69, 9.17) is 0 Å². The summed E-state index contributed by atoms with van der Waals surface area (Å²) in [6.07, 6.45) is 3.03. The number of fused-ring (bicyclic) bond motifs is 2. The molecule has 2 aliphatic rings. The number of piperazine rings is 1. The Labute approximate surface area is 119 Å². The van der Waals surface area contributed by atoms with Gasteiger partial charge in [-0.1, -0.05) is 36.4 Å². The first kappa shape index (κ1) is 13.2. The summed E-state index contributed by atoms with van der Waals surface area (Å²) in [5.41, 5.74) is 1.27. The molecule has 1 aromatic carbocycles. The summed E-state index contributed by atoms with van der Waals surface area (Å²) in [5.74, 6) is 0. The minimum atomic E-state index is -0.788. The van der Waals surface area contributed by atoms with Crippen LogP contribution in [0, 0.1) is 0 Å². The molecule has 2 aliphatic heterocycles. The van der Waals surface area contributed by atoms with Gasteiger partial charge in [-0.2, -0.15) is 0 Å². The molecular formula is C16H20N2O2. The lowest BCUT2D eigenvalue weighted by atomic mass is 10.0. The van der Waals surface area contributed by atoms with Gasteiger partial charge in [0.05, 0.1) is 6.04 Å². The van der Waals surface area contributed by atoms with E-state index in [0.29, 0.717) is 0 Å². The van der Waals surface area contributed by atoms with Crippen LogP contribution in [0.4, 0.5) is 4.79 Å². The van der Waals surface area contributed by atoms with Crippen molar-refractivity contribution in [1.82, 2.24) is 9.80 Å². The first-order chi connectivity index (χ1) is 9.70. The predicted molar refractivity (Wildman–Crippen MR) is 77.5 cm³/mol. The second-order valence-corrected chi connectivity index (χ2v) is 5.63. The van der Waals surface area contributed by atoms with Gasteiger partial charge < -0.3 is 5.11 Å². The second kappa shape index (κ2) is 5.29. The number of rotatable bonds is 3. The molecule has 0 unspecified atom stereocenters. The fraction of sp³-hybridized carbons (Fsp3) is 0.438. The smallest absolute Gasteiger partial charge is 0.407 e. The molecule has 0 aromatic heterocycles. The van der Waals surface area contributed by atoms with Gasteiger partial charge in [-0.05, 0) is 18.4 Å². The molecule has 0 aliphatic carbocycles.